The van der Waals surface area contributed by atoms with Crippen molar-refractivity contribution in [3.05, 3.63) is 29.6 Å². The van der Waals surface area contributed by atoms with Gasteiger partial charge in [-0.3, -0.25) is 4.98 Å². The predicted octanol–water partition coefficient (Wildman–Crippen LogP) is 0.956. The summed E-state index contributed by atoms with van der Waals surface area (Å²) in [5, 5.41) is 9.92. The molecule has 1 aromatic rings. The highest BCUT2D eigenvalue weighted by Gasteiger charge is 2.54. The molecule has 0 aromatic carbocycles. The Hall–Kier alpha value is -1.42. The lowest BCUT2D eigenvalue weighted by atomic mass is 9.94. The highest BCUT2D eigenvalue weighted by Crippen LogP contribution is 2.50. The lowest BCUT2D eigenvalue weighted by Crippen LogP contribution is -2.35. The molecule has 1 N–H and O–H groups in total. The molecular formula is C12H15NO3. The van der Waals surface area contributed by atoms with Crippen molar-refractivity contribution in [3.8, 4) is 0 Å². The lowest BCUT2D eigenvalue weighted by Gasteiger charge is -2.19. The average molecular weight is 221 g/mol. The number of aliphatic hydroxyl groups excluding tert-OH is 1. The summed E-state index contributed by atoms with van der Waals surface area (Å²) < 4.78 is 4.57. The van der Waals surface area contributed by atoms with Crippen molar-refractivity contribution >= 4 is 5.97 Å². The minimum absolute atomic E-state index is 0.513. The first-order valence-corrected chi connectivity index (χ1v) is 5.29. The number of carbonyl (C=O) groups is 1. The van der Waals surface area contributed by atoms with Gasteiger partial charge in [-0.25, -0.2) is 4.79 Å². The Morgan fingerprint density at radius 2 is 2.25 bits per heavy atom. The van der Waals surface area contributed by atoms with Crippen LogP contribution in [0.3, 0.4) is 0 Å². The number of nitrogens with zero attached hydrogens (tertiary/aromatic N) is 1. The van der Waals surface area contributed by atoms with Crippen LogP contribution in [0.2, 0.25) is 0 Å². The summed E-state index contributed by atoms with van der Waals surface area (Å²) in [4.78, 5) is 15.6. The van der Waals surface area contributed by atoms with Crippen molar-refractivity contribution < 1.29 is 14.6 Å². The average Bonchev–Trinajstić information content (AvgIpc) is 3.09. The smallest absolute Gasteiger partial charge is 0.335 e. The summed E-state index contributed by atoms with van der Waals surface area (Å²) in [6, 6.07) is 3.81. The standard InChI is InChI=1S/C12H15NO3/c1-8-3-4-9(13-7-8)12(5-6-12)10(14)11(15)16-2/h3-4,7,10,14H,5-6H2,1-2H3. The zero-order valence-corrected chi connectivity index (χ0v) is 9.43. The predicted molar refractivity (Wildman–Crippen MR) is 57.9 cm³/mol. The molecule has 0 aliphatic heterocycles. The quantitative estimate of drug-likeness (QED) is 0.772. The number of ether oxygens (including phenoxy) is 1. The van der Waals surface area contributed by atoms with E-state index in [2.05, 4.69) is 9.72 Å². The number of aliphatic hydroxyl groups is 1. The molecule has 86 valence electrons. The first-order chi connectivity index (χ1) is 7.60. The third-order valence-electron chi connectivity index (χ3n) is 3.16. The Kier molecular flexibility index (Phi) is 2.68. The van der Waals surface area contributed by atoms with Gasteiger partial charge in [-0.15, -0.1) is 0 Å². The highest BCUT2D eigenvalue weighted by molar-refractivity contribution is 5.77. The van der Waals surface area contributed by atoms with Gasteiger partial charge in [-0.2, -0.15) is 0 Å². The van der Waals surface area contributed by atoms with Gasteiger partial charge in [0.2, 0.25) is 0 Å². The van der Waals surface area contributed by atoms with Crippen molar-refractivity contribution in [1.29, 1.82) is 0 Å². The van der Waals surface area contributed by atoms with E-state index >= 15 is 0 Å². The van der Waals surface area contributed by atoms with Gasteiger partial charge >= 0.3 is 5.97 Å². The van der Waals surface area contributed by atoms with Crippen molar-refractivity contribution in [1.82, 2.24) is 4.98 Å². The monoisotopic (exact) mass is 221 g/mol. The Labute approximate surface area is 94.3 Å². The second kappa shape index (κ2) is 3.87. The van der Waals surface area contributed by atoms with Crippen molar-refractivity contribution in [2.75, 3.05) is 7.11 Å². The van der Waals surface area contributed by atoms with E-state index < -0.39 is 17.5 Å². The molecule has 1 heterocycles. The molecule has 1 aliphatic rings. The fourth-order valence-electron chi connectivity index (χ4n) is 1.90. The van der Waals surface area contributed by atoms with Gasteiger partial charge in [0.1, 0.15) is 0 Å². The molecule has 1 aliphatic carbocycles. The van der Waals surface area contributed by atoms with E-state index in [4.69, 9.17) is 0 Å². The maximum Gasteiger partial charge on any atom is 0.335 e. The second-order valence-corrected chi connectivity index (χ2v) is 4.30. The van der Waals surface area contributed by atoms with Crippen LogP contribution in [0.1, 0.15) is 24.1 Å². The Morgan fingerprint density at radius 3 is 2.69 bits per heavy atom. The first kappa shape index (κ1) is 11.1. The molecule has 1 unspecified atom stereocenters. The summed E-state index contributed by atoms with van der Waals surface area (Å²) in [5.41, 5.74) is 1.32. The number of esters is 1. The van der Waals surface area contributed by atoms with Crippen molar-refractivity contribution in [2.24, 2.45) is 0 Å². The van der Waals surface area contributed by atoms with Gasteiger partial charge in [0, 0.05) is 17.3 Å². The summed E-state index contributed by atoms with van der Waals surface area (Å²) in [6.07, 6.45) is 2.20. The molecule has 4 nitrogen and oxygen atoms in total. The molecule has 4 heteroatoms. The number of hydrogen-bond donors (Lipinski definition) is 1. The van der Waals surface area contributed by atoms with Crippen LogP contribution in [-0.4, -0.2) is 29.3 Å². The largest absolute Gasteiger partial charge is 0.467 e. The van der Waals surface area contributed by atoms with Crippen molar-refractivity contribution in [3.63, 3.8) is 0 Å². The zero-order chi connectivity index (χ0) is 11.8. The van der Waals surface area contributed by atoms with Crippen LogP contribution in [0.15, 0.2) is 18.3 Å². The number of methoxy groups -OCH3 is 1. The van der Waals surface area contributed by atoms with Gasteiger partial charge in [-0.1, -0.05) is 6.07 Å². The molecule has 2 rings (SSSR count). The van der Waals surface area contributed by atoms with Gasteiger partial charge in [-0.05, 0) is 31.4 Å². The number of aryl methyl sites for hydroxylation is 1. The molecule has 0 radical (unpaired) electrons. The van der Waals surface area contributed by atoms with E-state index in [0.29, 0.717) is 0 Å². The molecule has 1 fully saturated rings. The summed E-state index contributed by atoms with van der Waals surface area (Å²) >= 11 is 0. The Balaban J connectivity index is 2.26. The van der Waals surface area contributed by atoms with Gasteiger partial charge < -0.3 is 9.84 Å². The van der Waals surface area contributed by atoms with Gasteiger partial charge in [0.15, 0.2) is 6.10 Å². The van der Waals surface area contributed by atoms with Crippen LogP contribution in [0.4, 0.5) is 0 Å². The van der Waals surface area contributed by atoms with Crippen LogP contribution < -0.4 is 0 Å². The summed E-state index contributed by atoms with van der Waals surface area (Å²) in [6.45, 7) is 1.95. The molecule has 0 amide bonds. The van der Waals surface area contributed by atoms with Crippen LogP contribution >= 0.6 is 0 Å². The van der Waals surface area contributed by atoms with Crippen LogP contribution in [0.25, 0.3) is 0 Å². The molecular weight excluding hydrogens is 206 g/mol. The zero-order valence-electron chi connectivity index (χ0n) is 9.43. The molecule has 1 aromatic heterocycles. The maximum atomic E-state index is 11.3. The summed E-state index contributed by atoms with van der Waals surface area (Å²) in [7, 11) is 1.28. The molecule has 0 bridgehead atoms. The number of rotatable bonds is 3. The van der Waals surface area contributed by atoms with E-state index in [0.717, 1.165) is 24.1 Å². The van der Waals surface area contributed by atoms with Crippen LogP contribution in [0.5, 0.6) is 0 Å². The first-order valence-electron chi connectivity index (χ1n) is 5.29. The topological polar surface area (TPSA) is 59.4 Å². The van der Waals surface area contributed by atoms with E-state index in [-0.39, 0.29) is 0 Å². The minimum atomic E-state index is -1.10. The van der Waals surface area contributed by atoms with E-state index in [1.165, 1.54) is 7.11 Å². The van der Waals surface area contributed by atoms with Gasteiger partial charge in [0.25, 0.3) is 0 Å². The Bertz CT molecular complexity index is 395. The fraction of sp³-hybridized carbons (Fsp3) is 0.500. The molecule has 16 heavy (non-hydrogen) atoms. The maximum absolute atomic E-state index is 11.3. The third kappa shape index (κ3) is 1.69. The van der Waals surface area contributed by atoms with Crippen LogP contribution in [0, 0.1) is 6.92 Å². The molecule has 0 saturated heterocycles. The minimum Gasteiger partial charge on any atom is -0.467 e. The van der Waals surface area contributed by atoms with Crippen molar-refractivity contribution in [2.45, 2.75) is 31.3 Å². The second-order valence-electron chi connectivity index (χ2n) is 4.30. The molecule has 0 spiro atoms. The number of hydrogen-bond acceptors (Lipinski definition) is 4. The third-order valence-corrected chi connectivity index (χ3v) is 3.16. The lowest BCUT2D eigenvalue weighted by molar-refractivity contribution is -0.152. The number of carbonyl (C=O) groups excluding carboxylic acids is 1. The molecule has 1 atom stereocenters. The van der Waals surface area contributed by atoms with E-state index in [1.54, 1.807) is 6.20 Å². The SMILES string of the molecule is COC(=O)C(O)C1(c2ccc(C)cn2)CC1. The Morgan fingerprint density at radius 1 is 1.56 bits per heavy atom. The number of pyridine rings is 1. The fourth-order valence-corrected chi connectivity index (χ4v) is 1.90. The normalized spacial score (nSPS) is 18.9. The van der Waals surface area contributed by atoms with E-state index in [9.17, 15) is 9.90 Å². The highest BCUT2D eigenvalue weighted by atomic mass is 16.5. The van der Waals surface area contributed by atoms with Gasteiger partial charge in [0.05, 0.1) is 7.11 Å². The summed E-state index contributed by atoms with van der Waals surface area (Å²) in [5.74, 6) is -0.583. The number of aromatic nitrogens is 1. The molecule has 1 saturated carbocycles. The van der Waals surface area contributed by atoms with Crippen LogP contribution in [-0.2, 0) is 14.9 Å². The van der Waals surface area contributed by atoms with E-state index in [1.807, 2.05) is 19.1 Å².